The zero-order valence-electron chi connectivity index (χ0n) is 13.0. The minimum absolute atomic E-state index is 0.324. The molecule has 110 valence electrons. The minimum atomic E-state index is 0.324. The molecular weight excluding hydrogens is 258 g/mol. The van der Waals surface area contributed by atoms with Crippen molar-refractivity contribution in [3.63, 3.8) is 0 Å². The Kier molecular flexibility index (Phi) is 5.15. The van der Waals surface area contributed by atoms with E-state index in [9.17, 15) is 5.11 Å². The number of aliphatic imine (C=N–C) groups is 1. The van der Waals surface area contributed by atoms with Crippen molar-refractivity contribution in [2.75, 3.05) is 0 Å². The summed E-state index contributed by atoms with van der Waals surface area (Å²) in [5, 5.41) is 10.2. The third kappa shape index (κ3) is 3.72. The molecule has 0 bridgehead atoms. The summed E-state index contributed by atoms with van der Waals surface area (Å²) in [4.78, 5) is 4.58. The van der Waals surface area contributed by atoms with E-state index in [0.29, 0.717) is 11.8 Å². The third-order valence-corrected chi connectivity index (χ3v) is 3.80. The lowest BCUT2D eigenvalue weighted by atomic mass is 9.99. The first-order valence-electron chi connectivity index (χ1n) is 7.57. The van der Waals surface area contributed by atoms with Crippen molar-refractivity contribution < 1.29 is 5.11 Å². The van der Waals surface area contributed by atoms with Crippen LogP contribution in [-0.2, 0) is 0 Å². The van der Waals surface area contributed by atoms with Gasteiger partial charge in [-0.3, -0.25) is 4.99 Å². The molecule has 2 rings (SSSR count). The number of rotatable bonds is 5. The van der Waals surface area contributed by atoms with Gasteiger partial charge in [0.2, 0.25) is 0 Å². The molecule has 2 heteroatoms. The van der Waals surface area contributed by atoms with E-state index in [1.54, 1.807) is 0 Å². The quantitative estimate of drug-likeness (QED) is 0.771. The molecular formula is C19H23NO. The smallest absolute Gasteiger partial charge is 0.127 e. The molecule has 0 aliphatic carbocycles. The molecule has 0 spiro atoms. The van der Waals surface area contributed by atoms with Crippen LogP contribution in [0.15, 0.2) is 47.5 Å². The van der Waals surface area contributed by atoms with Gasteiger partial charge in [0, 0.05) is 17.8 Å². The molecule has 0 saturated carbocycles. The van der Waals surface area contributed by atoms with E-state index in [-0.39, 0.29) is 0 Å². The van der Waals surface area contributed by atoms with Gasteiger partial charge in [-0.1, -0.05) is 44.2 Å². The maximum atomic E-state index is 10.2. The maximum absolute atomic E-state index is 10.2. The summed E-state index contributed by atoms with van der Waals surface area (Å²) in [6, 6.07) is 14.5. The Morgan fingerprint density at radius 3 is 2.33 bits per heavy atom. The molecule has 2 nitrogen and oxygen atoms in total. The average molecular weight is 281 g/mol. The van der Waals surface area contributed by atoms with Crippen LogP contribution in [0, 0.1) is 6.92 Å². The fourth-order valence-electron chi connectivity index (χ4n) is 2.39. The lowest BCUT2D eigenvalue weighted by Gasteiger charge is -2.10. The predicted octanol–water partition coefficient (Wildman–Crippen LogP) is 4.98. The Morgan fingerprint density at radius 2 is 1.71 bits per heavy atom. The highest BCUT2D eigenvalue weighted by Crippen LogP contribution is 2.28. The highest BCUT2D eigenvalue weighted by Gasteiger charge is 2.07. The largest absolute Gasteiger partial charge is 0.507 e. The molecule has 2 aromatic carbocycles. The highest BCUT2D eigenvalue weighted by molar-refractivity contribution is 5.87. The fourth-order valence-corrected chi connectivity index (χ4v) is 2.39. The van der Waals surface area contributed by atoms with Crippen LogP contribution in [0.25, 0.3) is 11.1 Å². The fraction of sp³-hybridized carbons (Fsp3) is 0.316. The molecule has 0 unspecified atom stereocenters. The van der Waals surface area contributed by atoms with Gasteiger partial charge < -0.3 is 5.11 Å². The van der Waals surface area contributed by atoms with E-state index < -0.39 is 0 Å². The van der Waals surface area contributed by atoms with Crippen molar-refractivity contribution in [1.29, 1.82) is 0 Å². The highest BCUT2D eigenvalue weighted by atomic mass is 16.3. The second-order valence-corrected chi connectivity index (χ2v) is 5.35. The number of benzene rings is 2. The first-order valence-corrected chi connectivity index (χ1v) is 7.57. The normalized spacial score (nSPS) is 11.4. The second-order valence-electron chi connectivity index (χ2n) is 5.35. The van der Waals surface area contributed by atoms with Crippen LogP contribution in [0.4, 0.5) is 0 Å². The molecule has 1 N–H and O–H groups in total. The zero-order chi connectivity index (χ0) is 15.2. The first-order chi connectivity index (χ1) is 10.2. The molecule has 0 aliphatic rings. The predicted molar refractivity (Wildman–Crippen MR) is 90.2 cm³/mol. The Hall–Kier alpha value is -2.09. The minimum Gasteiger partial charge on any atom is -0.507 e. The van der Waals surface area contributed by atoms with Crippen molar-refractivity contribution in [2.45, 2.75) is 39.7 Å². The summed E-state index contributed by atoms with van der Waals surface area (Å²) in [7, 11) is 0. The summed E-state index contributed by atoms with van der Waals surface area (Å²) in [6.45, 7) is 6.20. The van der Waals surface area contributed by atoms with E-state index in [1.807, 2.05) is 43.5 Å². The van der Waals surface area contributed by atoms with E-state index >= 15 is 0 Å². The van der Waals surface area contributed by atoms with Gasteiger partial charge in [-0.25, -0.2) is 0 Å². The molecule has 0 aromatic heterocycles. The third-order valence-electron chi connectivity index (χ3n) is 3.80. The van der Waals surface area contributed by atoms with E-state index in [4.69, 9.17) is 0 Å². The zero-order valence-corrected chi connectivity index (χ0v) is 13.0. The van der Waals surface area contributed by atoms with E-state index in [0.717, 1.165) is 35.1 Å². The van der Waals surface area contributed by atoms with Gasteiger partial charge in [-0.2, -0.15) is 0 Å². The molecule has 0 aliphatic heterocycles. The number of hydrogen-bond acceptors (Lipinski definition) is 2. The van der Waals surface area contributed by atoms with Gasteiger partial charge in [0.1, 0.15) is 5.75 Å². The van der Waals surface area contributed by atoms with Gasteiger partial charge >= 0.3 is 0 Å². The van der Waals surface area contributed by atoms with Gasteiger partial charge in [-0.15, -0.1) is 0 Å². The molecule has 2 aromatic rings. The summed E-state index contributed by atoms with van der Waals surface area (Å²) in [6.07, 6.45) is 3.85. The Bertz CT molecular complexity index is 613. The van der Waals surface area contributed by atoms with Crippen LogP contribution >= 0.6 is 0 Å². The van der Waals surface area contributed by atoms with Crippen LogP contribution in [0.2, 0.25) is 0 Å². The van der Waals surface area contributed by atoms with Crippen molar-refractivity contribution in [3.8, 4) is 16.9 Å². The van der Waals surface area contributed by atoms with Crippen molar-refractivity contribution in [1.82, 2.24) is 0 Å². The monoisotopic (exact) mass is 281 g/mol. The molecule has 0 saturated heterocycles. The summed E-state index contributed by atoms with van der Waals surface area (Å²) >= 11 is 0. The molecule has 0 radical (unpaired) electrons. The van der Waals surface area contributed by atoms with Gasteiger partial charge in [0.15, 0.2) is 0 Å². The van der Waals surface area contributed by atoms with Gasteiger partial charge in [0.25, 0.3) is 0 Å². The molecule has 0 amide bonds. The average Bonchev–Trinajstić information content (AvgIpc) is 2.52. The molecule has 0 fully saturated rings. The number of aromatic hydroxyl groups is 1. The standard InChI is InChI=1S/C19H23NO/c1-4-18(5-2)20-13-17-12-16(11-14(3)19(17)21)15-9-7-6-8-10-15/h6-13,18,21H,4-5H2,1-3H3. The summed E-state index contributed by atoms with van der Waals surface area (Å²) in [5.41, 5.74) is 3.93. The SMILES string of the molecule is CCC(CC)N=Cc1cc(-c2ccccc2)cc(C)c1O. The Morgan fingerprint density at radius 1 is 1.05 bits per heavy atom. The van der Waals surface area contributed by atoms with E-state index in [1.165, 1.54) is 0 Å². The lowest BCUT2D eigenvalue weighted by molar-refractivity contribution is 0.470. The summed E-state index contributed by atoms with van der Waals surface area (Å²) in [5.74, 6) is 0.324. The lowest BCUT2D eigenvalue weighted by Crippen LogP contribution is -2.00. The van der Waals surface area contributed by atoms with Gasteiger partial charge in [-0.05, 0) is 48.6 Å². The first kappa shape index (κ1) is 15.3. The van der Waals surface area contributed by atoms with Gasteiger partial charge in [0.05, 0.1) is 0 Å². The number of aryl methyl sites for hydroxylation is 1. The topological polar surface area (TPSA) is 32.6 Å². The van der Waals surface area contributed by atoms with Crippen LogP contribution in [0.1, 0.15) is 37.8 Å². The number of phenols is 1. The van der Waals surface area contributed by atoms with Crippen LogP contribution in [0.5, 0.6) is 5.75 Å². The van der Waals surface area contributed by atoms with Crippen LogP contribution in [-0.4, -0.2) is 17.4 Å². The van der Waals surface area contributed by atoms with Crippen LogP contribution in [0.3, 0.4) is 0 Å². The van der Waals surface area contributed by atoms with Crippen molar-refractivity contribution in [3.05, 3.63) is 53.6 Å². The van der Waals surface area contributed by atoms with Crippen molar-refractivity contribution in [2.24, 2.45) is 4.99 Å². The maximum Gasteiger partial charge on any atom is 0.127 e. The molecule has 0 heterocycles. The molecule has 0 atom stereocenters. The summed E-state index contributed by atoms with van der Waals surface area (Å²) < 4.78 is 0. The van der Waals surface area contributed by atoms with E-state index in [2.05, 4.69) is 31.0 Å². The Labute approximate surface area is 127 Å². The number of phenolic OH excluding ortho intramolecular Hbond substituents is 1. The number of nitrogens with zero attached hydrogens (tertiary/aromatic N) is 1. The second kappa shape index (κ2) is 7.07. The Balaban J connectivity index is 2.40. The van der Waals surface area contributed by atoms with Crippen LogP contribution < -0.4 is 0 Å². The molecule has 21 heavy (non-hydrogen) atoms. The number of hydrogen-bond donors (Lipinski definition) is 1. The van der Waals surface area contributed by atoms with Crippen molar-refractivity contribution >= 4 is 6.21 Å².